The van der Waals surface area contributed by atoms with Crippen molar-refractivity contribution in [3.8, 4) is 0 Å². The molecule has 0 aromatic heterocycles. The van der Waals surface area contributed by atoms with E-state index in [1.807, 2.05) is 0 Å². The molecular formula is C18H29N. The SMILES string of the molecule is CCCCCc1ccc(CCCN2CCCC2)cc1. The van der Waals surface area contributed by atoms with E-state index in [4.69, 9.17) is 0 Å². The molecule has 1 nitrogen and oxygen atoms in total. The average molecular weight is 259 g/mol. The van der Waals surface area contributed by atoms with Crippen LogP contribution in [0.25, 0.3) is 0 Å². The summed E-state index contributed by atoms with van der Waals surface area (Å²) in [7, 11) is 0. The zero-order valence-electron chi connectivity index (χ0n) is 12.5. The molecule has 1 aliphatic heterocycles. The Morgan fingerprint density at radius 2 is 1.42 bits per heavy atom. The number of likely N-dealkylation sites (tertiary alicyclic amines) is 1. The summed E-state index contributed by atoms with van der Waals surface area (Å²) in [6.45, 7) is 6.22. The second kappa shape index (κ2) is 8.37. The Bertz CT molecular complexity index is 335. The number of hydrogen-bond donors (Lipinski definition) is 0. The first-order chi connectivity index (χ1) is 9.38. The molecule has 1 heterocycles. The van der Waals surface area contributed by atoms with E-state index in [9.17, 15) is 0 Å². The highest BCUT2D eigenvalue weighted by Crippen LogP contribution is 2.12. The summed E-state index contributed by atoms with van der Waals surface area (Å²) in [5.74, 6) is 0. The molecule has 1 saturated heterocycles. The lowest BCUT2D eigenvalue weighted by Crippen LogP contribution is -2.20. The van der Waals surface area contributed by atoms with E-state index in [-0.39, 0.29) is 0 Å². The smallest absolute Gasteiger partial charge is 0.00156 e. The molecule has 1 aromatic rings. The number of benzene rings is 1. The molecule has 0 N–H and O–H groups in total. The fourth-order valence-corrected chi connectivity index (χ4v) is 2.96. The van der Waals surface area contributed by atoms with Crippen LogP contribution in [-0.2, 0) is 12.8 Å². The van der Waals surface area contributed by atoms with Crippen molar-refractivity contribution in [2.75, 3.05) is 19.6 Å². The predicted octanol–water partition coefficient (Wildman–Crippen LogP) is 4.45. The molecule has 0 radical (unpaired) electrons. The molecule has 106 valence electrons. The Balaban J connectivity index is 1.66. The Labute approximate surface area is 119 Å². The molecular weight excluding hydrogens is 230 g/mol. The fraction of sp³-hybridized carbons (Fsp3) is 0.667. The highest BCUT2D eigenvalue weighted by atomic mass is 15.1. The van der Waals surface area contributed by atoms with Crippen LogP contribution in [0.2, 0.25) is 0 Å². The highest BCUT2D eigenvalue weighted by Gasteiger charge is 2.10. The Morgan fingerprint density at radius 1 is 0.842 bits per heavy atom. The molecule has 0 unspecified atom stereocenters. The third kappa shape index (κ3) is 5.36. The predicted molar refractivity (Wildman–Crippen MR) is 83.7 cm³/mol. The minimum Gasteiger partial charge on any atom is -0.303 e. The van der Waals surface area contributed by atoms with Crippen molar-refractivity contribution in [3.63, 3.8) is 0 Å². The Kier molecular flexibility index (Phi) is 6.43. The molecule has 0 saturated carbocycles. The zero-order chi connectivity index (χ0) is 13.3. The minimum atomic E-state index is 1.24. The summed E-state index contributed by atoms with van der Waals surface area (Å²) in [6, 6.07) is 9.35. The largest absolute Gasteiger partial charge is 0.303 e. The van der Waals surface area contributed by atoms with Crippen molar-refractivity contribution in [3.05, 3.63) is 35.4 Å². The summed E-state index contributed by atoms with van der Waals surface area (Å²) in [4.78, 5) is 2.61. The lowest BCUT2D eigenvalue weighted by Gasteiger charge is -2.14. The second-order valence-corrected chi connectivity index (χ2v) is 5.93. The molecule has 1 aromatic carbocycles. The second-order valence-electron chi connectivity index (χ2n) is 5.93. The van der Waals surface area contributed by atoms with Gasteiger partial charge in [0.1, 0.15) is 0 Å². The van der Waals surface area contributed by atoms with Crippen LogP contribution in [0, 0.1) is 0 Å². The van der Waals surface area contributed by atoms with Crippen LogP contribution in [-0.4, -0.2) is 24.5 Å². The van der Waals surface area contributed by atoms with Crippen molar-refractivity contribution in [2.24, 2.45) is 0 Å². The van der Waals surface area contributed by atoms with E-state index in [0.29, 0.717) is 0 Å². The van der Waals surface area contributed by atoms with E-state index in [1.165, 1.54) is 82.1 Å². The summed E-state index contributed by atoms with van der Waals surface area (Å²) in [5, 5.41) is 0. The third-order valence-corrected chi connectivity index (χ3v) is 4.23. The minimum absolute atomic E-state index is 1.24. The molecule has 1 heteroatoms. The maximum absolute atomic E-state index is 2.61. The van der Waals surface area contributed by atoms with Crippen molar-refractivity contribution < 1.29 is 0 Å². The molecule has 0 bridgehead atoms. The van der Waals surface area contributed by atoms with Gasteiger partial charge in [0.2, 0.25) is 0 Å². The van der Waals surface area contributed by atoms with Crippen molar-refractivity contribution >= 4 is 0 Å². The molecule has 0 spiro atoms. The first-order valence-electron chi connectivity index (χ1n) is 8.18. The van der Waals surface area contributed by atoms with Gasteiger partial charge in [-0.3, -0.25) is 0 Å². The number of hydrogen-bond acceptors (Lipinski definition) is 1. The Morgan fingerprint density at radius 3 is 2.00 bits per heavy atom. The van der Waals surface area contributed by atoms with Gasteiger partial charge in [-0.2, -0.15) is 0 Å². The standard InChI is InChI=1S/C18H29N/c1-2-3-4-8-17-10-12-18(13-11-17)9-7-16-19-14-5-6-15-19/h10-13H,2-9,14-16H2,1H3. The van der Waals surface area contributed by atoms with E-state index in [2.05, 4.69) is 36.1 Å². The van der Waals surface area contributed by atoms with Crippen LogP contribution in [0.1, 0.15) is 56.6 Å². The summed E-state index contributed by atoms with van der Waals surface area (Å²) < 4.78 is 0. The first kappa shape index (κ1) is 14.6. The fourth-order valence-electron chi connectivity index (χ4n) is 2.96. The summed E-state index contributed by atoms with van der Waals surface area (Å²) >= 11 is 0. The molecule has 0 aliphatic carbocycles. The van der Waals surface area contributed by atoms with Gasteiger partial charge in [0, 0.05) is 0 Å². The van der Waals surface area contributed by atoms with Crippen LogP contribution in [0.5, 0.6) is 0 Å². The molecule has 1 fully saturated rings. The number of unbranched alkanes of at least 4 members (excludes halogenated alkanes) is 2. The lowest BCUT2D eigenvalue weighted by atomic mass is 10.0. The van der Waals surface area contributed by atoms with Crippen molar-refractivity contribution in [1.29, 1.82) is 0 Å². The van der Waals surface area contributed by atoms with E-state index >= 15 is 0 Å². The summed E-state index contributed by atoms with van der Waals surface area (Å²) in [6.07, 6.45) is 10.6. The van der Waals surface area contributed by atoms with Gasteiger partial charge in [-0.25, -0.2) is 0 Å². The maximum Gasteiger partial charge on any atom is -0.00156 e. The molecule has 2 rings (SSSR count). The molecule has 0 amide bonds. The zero-order valence-corrected chi connectivity index (χ0v) is 12.5. The number of aryl methyl sites for hydroxylation is 2. The van der Waals surface area contributed by atoms with Gasteiger partial charge >= 0.3 is 0 Å². The molecule has 0 atom stereocenters. The van der Waals surface area contributed by atoms with Gasteiger partial charge in [-0.05, 0) is 69.3 Å². The third-order valence-electron chi connectivity index (χ3n) is 4.23. The van der Waals surface area contributed by atoms with Crippen LogP contribution in [0.15, 0.2) is 24.3 Å². The van der Waals surface area contributed by atoms with E-state index in [0.717, 1.165) is 0 Å². The van der Waals surface area contributed by atoms with Gasteiger partial charge in [0.15, 0.2) is 0 Å². The number of nitrogens with zero attached hydrogens (tertiary/aromatic N) is 1. The van der Waals surface area contributed by atoms with E-state index in [1.54, 1.807) is 0 Å². The summed E-state index contributed by atoms with van der Waals surface area (Å²) in [5.41, 5.74) is 3.02. The van der Waals surface area contributed by atoms with Gasteiger partial charge < -0.3 is 4.90 Å². The number of rotatable bonds is 8. The van der Waals surface area contributed by atoms with Gasteiger partial charge in [0.05, 0.1) is 0 Å². The lowest BCUT2D eigenvalue weighted by molar-refractivity contribution is 0.334. The van der Waals surface area contributed by atoms with Crippen LogP contribution in [0.4, 0.5) is 0 Å². The van der Waals surface area contributed by atoms with Gasteiger partial charge in [0.25, 0.3) is 0 Å². The average Bonchev–Trinajstić information content (AvgIpc) is 2.94. The normalized spacial score (nSPS) is 16.1. The van der Waals surface area contributed by atoms with Crippen LogP contribution < -0.4 is 0 Å². The topological polar surface area (TPSA) is 3.24 Å². The van der Waals surface area contributed by atoms with Crippen LogP contribution >= 0.6 is 0 Å². The van der Waals surface area contributed by atoms with Gasteiger partial charge in [-0.1, -0.05) is 44.0 Å². The first-order valence-corrected chi connectivity index (χ1v) is 8.18. The molecule has 19 heavy (non-hydrogen) atoms. The van der Waals surface area contributed by atoms with Crippen molar-refractivity contribution in [2.45, 2.75) is 58.3 Å². The monoisotopic (exact) mass is 259 g/mol. The highest BCUT2D eigenvalue weighted by molar-refractivity contribution is 5.22. The molecule has 1 aliphatic rings. The Hall–Kier alpha value is -0.820. The maximum atomic E-state index is 2.61. The van der Waals surface area contributed by atoms with E-state index < -0.39 is 0 Å². The van der Waals surface area contributed by atoms with Crippen LogP contribution in [0.3, 0.4) is 0 Å². The quantitative estimate of drug-likeness (QED) is 0.624. The van der Waals surface area contributed by atoms with Gasteiger partial charge in [-0.15, -0.1) is 0 Å². The van der Waals surface area contributed by atoms with Crippen molar-refractivity contribution in [1.82, 2.24) is 4.90 Å².